The normalized spacial score (nSPS) is 12.1. The minimum absolute atomic E-state index is 0.184. The van der Waals surface area contributed by atoms with Crippen molar-refractivity contribution in [2.75, 3.05) is 14.2 Å². The van der Waals surface area contributed by atoms with Crippen LogP contribution in [0.5, 0.6) is 11.5 Å². The van der Waals surface area contributed by atoms with Gasteiger partial charge in [-0.05, 0) is 24.6 Å². The zero-order chi connectivity index (χ0) is 14.7. The van der Waals surface area contributed by atoms with Crippen molar-refractivity contribution in [3.05, 3.63) is 58.9 Å². The van der Waals surface area contributed by atoms with Gasteiger partial charge < -0.3 is 15.2 Å². The van der Waals surface area contributed by atoms with Crippen molar-refractivity contribution in [2.45, 2.75) is 13.0 Å². The number of methoxy groups -OCH3 is 2. The van der Waals surface area contributed by atoms with Gasteiger partial charge in [-0.25, -0.2) is 4.39 Å². The molecule has 0 aliphatic heterocycles. The molecule has 2 rings (SSSR count). The van der Waals surface area contributed by atoms with Gasteiger partial charge in [0.25, 0.3) is 0 Å². The van der Waals surface area contributed by atoms with Crippen LogP contribution < -0.4 is 15.2 Å². The summed E-state index contributed by atoms with van der Waals surface area (Å²) < 4.78 is 24.6. The molecular weight excluding hydrogens is 257 g/mol. The van der Waals surface area contributed by atoms with E-state index in [2.05, 4.69) is 0 Å². The fraction of sp³-hybridized carbons (Fsp3) is 0.250. The Morgan fingerprint density at radius 3 is 2.35 bits per heavy atom. The zero-order valence-corrected chi connectivity index (χ0v) is 11.8. The van der Waals surface area contributed by atoms with Crippen molar-refractivity contribution in [1.29, 1.82) is 0 Å². The molecule has 0 aliphatic rings. The van der Waals surface area contributed by atoms with Crippen molar-refractivity contribution >= 4 is 0 Å². The number of benzene rings is 2. The highest BCUT2D eigenvalue weighted by Gasteiger charge is 2.19. The van der Waals surface area contributed by atoms with Crippen LogP contribution in [-0.4, -0.2) is 14.2 Å². The minimum Gasteiger partial charge on any atom is -0.496 e. The first-order valence-corrected chi connectivity index (χ1v) is 6.31. The van der Waals surface area contributed by atoms with Gasteiger partial charge in [0.05, 0.1) is 20.3 Å². The topological polar surface area (TPSA) is 44.5 Å². The van der Waals surface area contributed by atoms with E-state index in [9.17, 15) is 4.39 Å². The minimum atomic E-state index is -0.611. The molecule has 0 aromatic heterocycles. The molecule has 0 radical (unpaired) electrons. The summed E-state index contributed by atoms with van der Waals surface area (Å²) in [5.41, 5.74) is 8.37. The van der Waals surface area contributed by atoms with E-state index in [1.807, 2.05) is 25.1 Å². The van der Waals surface area contributed by atoms with Crippen molar-refractivity contribution in [3.8, 4) is 11.5 Å². The molecule has 1 unspecified atom stereocenters. The van der Waals surface area contributed by atoms with E-state index in [4.69, 9.17) is 15.2 Å². The van der Waals surface area contributed by atoms with Crippen LogP contribution in [-0.2, 0) is 0 Å². The monoisotopic (exact) mass is 275 g/mol. The highest BCUT2D eigenvalue weighted by molar-refractivity contribution is 5.45. The molecule has 0 amide bonds. The Labute approximate surface area is 118 Å². The summed E-state index contributed by atoms with van der Waals surface area (Å²) in [7, 11) is 3.01. The van der Waals surface area contributed by atoms with Crippen molar-refractivity contribution in [2.24, 2.45) is 5.73 Å². The van der Waals surface area contributed by atoms with Crippen LogP contribution in [0.25, 0.3) is 0 Å². The van der Waals surface area contributed by atoms with Crippen LogP contribution in [0, 0.1) is 12.7 Å². The van der Waals surface area contributed by atoms with E-state index in [-0.39, 0.29) is 5.75 Å². The molecule has 20 heavy (non-hydrogen) atoms. The number of aryl methyl sites for hydroxylation is 1. The molecule has 0 heterocycles. The zero-order valence-electron chi connectivity index (χ0n) is 11.8. The van der Waals surface area contributed by atoms with Gasteiger partial charge in [0, 0.05) is 11.1 Å². The number of ether oxygens (including phenoxy) is 2. The average Bonchev–Trinajstić information content (AvgIpc) is 2.46. The molecule has 0 spiro atoms. The first-order valence-electron chi connectivity index (χ1n) is 6.31. The average molecular weight is 275 g/mol. The van der Waals surface area contributed by atoms with Gasteiger partial charge in [0.1, 0.15) is 5.75 Å². The lowest BCUT2D eigenvalue weighted by Gasteiger charge is -2.18. The van der Waals surface area contributed by atoms with Gasteiger partial charge in [0.15, 0.2) is 11.6 Å². The van der Waals surface area contributed by atoms with E-state index in [0.717, 1.165) is 11.1 Å². The molecular formula is C16H18FNO2. The standard InChI is InChI=1S/C16H18FNO2/c1-10-7-8-11(14(9-10)20-3)16(18)12-5-4-6-13(19-2)15(12)17/h4-9,16H,18H2,1-3H3. The number of rotatable bonds is 4. The molecule has 3 nitrogen and oxygen atoms in total. The van der Waals surface area contributed by atoms with Gasteiger partial charge in [-0.15, -0.1) is 0 Å². The molecule has 4 heteroatoms. The molecule has 0 fully saturated rings. The Balaban J connectivity index is 2.49. The largest absolute Gasteiger partial charge is 0.496 e. The van der Waals surface area contributed by atoms with Crippen LogP contribution >= 0.6 is 0 Å². The molecule has 2 N–H and O–H groups in total. The van der Waals surface area contributed by atoms with Gasteiger partial charge in [-0.2, -0.15) is 0 Å². The second-order valence-electron chi connectivity index (χ2n) is 4.59. The van der Waals surface area contributed by atoms with E-state index in [1.165, 1.54) is 7.11 Å². The van der Waals surface area contributed by atoms with Crippen LogP contribution in [0.1, 0.15) is 22.7 Å². The number of nitrogens with two attached hydrogens (primary N) is 1. The first-order chi connectivity index (χ1) is 9.58. The molecule has 0 aliphatic carbocycles. The van der Waals surface area contributed by atoms with Crippen molar-refractivity contribution in [1.82, 2.24) is 0 Å². The van der Waals surface area contributed by atoms with Crippen LogP contribution in [0.2, 0.25) is 0 Å². The lowest BCUT2D eigenvalue weighted by Crippen LogP contribution is -2.15. The first kappa shape index (κ1) is 14.3. The van der Waals surface area contributed by atoms with Crippen molar-refractivity contribution in [3.63, 3.8) is 0 Å². The predicted octanol–water partition coefficient (Wildman–Crippen LogP) is 3.20. The predicted molar refractivity (Wildman–Crippen MR) is 76.7 cm³/mol. The lowest BCUT2D eigenvalue weighted by atomic mass is 9.97. The fourth-order valence-corrected chi connectivity index (χ4v) is 2.17. The molecule has 0 saturated carbocycles. The summed E-state index contributed by atoms with van der Waals surface area (Å²) in [6, 6.07) is 10.00. The molecule has 1 atom stereocenters. The Morgan fingerprint density at radius 2 is 1.70 bits per heavy atom. The Bertz CT molecular complexity index is 613. The highest BCUT2D eigenvalue weighted by Crippen LogP contribution is 2.32. The number of hydrogen-bond acceptors (Lipinski definition) is 3. The van der Waals surface area contributed by atoms with Crippen LogP contribution in [0.4, 0.5) is 4.39 Å². The Hall–Kier alpha value is -2.07. The summed E-state index contributed by atoms with van der Waals surface area (Å²) in [4.78, 5) is 0. The second-order valence-corrected chi connectivity index (χ2v) is 4.59. The third kappa shape index (κ3) is 2.60. The summed E-state index contributed by atoms with van der Waals surface area (Å²) in [6.07, 6.45) is 0. The van der Waals surface area contributed by atoms with Crippen molar-refractivity contribution < 1.29 is 13.9 Å². The van der Waals surface area contributed by atoms with E-state index in [0.29, 0.717) is 11.3 Å². The molecule has 0 bridgehead atoms. The van der Waals surface area contributed by atoms with Crippen LogP contribution in [0.3, 0.4) is 0 Å². The van der Waals surface area contributed by atoms with E-state index < -0.39 is 11.9 Å². The van der Waals surface area contributed by atoms with Gasteiger partial charge in [-0.3, -0.25) is 0 Å². The number of hydrogen-bond donors (Lipinski definition) is 1. The summed E-state index contributed by atoms with van der Waals surface area (Å²) in [5, 5.41) is 0. The molecule has 106 valence electrons. The smallest absolute Gasteiger partial charge is 0.170 e. The molecule has 0 saturated heterocycles. The Kier molecular flexibility index (Phi) is 4.25. The summed E-state index contributed by atoms with van der Waals surface area (Å²) >= 11 is 0. The summed E-state index contributed by atoms with van der Waals surface area (Å²) in [6.45, 7) is 1.96. The lowest BCUT2D eigenvalue weighted by molar-refractivity contribution is 0.382. The highest BCUT2D eigenvalue weighted by atomic mass is 19.1. The fourth-order valence-electron chi connectivity index (χ4n) is 2.17. The number of halogens is 1. The maximum atomic E-state index is 14.3. The maximum absolute atomic E-state index is 14.3. The van der Waals surface area contributed by atoms with Crippen LogP contribution in [0.15, 0.2) is 36.4 Å². The third-order valence-corrected chi connectivity index (χ3v) is 3.27. The van der Waals surface area contributed by atoms with Gasteiger partial charge >= 0.3 is 0 Å². The molecule has 2 aromatic carbocycles. The molecule has 2 aromatic rings. The van der Waals surface area contributed by atoms with E-state index >= 15 is 0 Å². The third-order valence-electron chi connectivity index (χ3n) is 3.27. The SMILES string of the molecule is COc1cc(C)ccc1C(N)c1cccc(OC)c1F. The van der Waals surface area contributed by atoms with Gasteiger partial charge in [0.2, 0.25) is 0 Å². The summed E-state index contributed by atoms with van der Waals surface area (Å²) in [5.74, 6) is 0.397. The van der Waals surface area contributed by atoms with E-state index in [1.54, 1.807) is 25.3 Å². The maximum Gasteiger partial charge on any atom is 0.170 e. The quantitative estimate of drug-likeness (QED) is 0.932. The second kappa shape index (κ2) is 5.92. The Morgan fingerprint density at radius 1 is 1.00 bits per heavy atom. The van der Waals surface area contributed by atoms with Gasteiger partial charge in [-0.1, -0.05) is 24.3 Å².